The number of carbonyl (C=O) groups excluding carboxylic acids is 1. The van der Waals surface area contributed by atoms with Gasteiger partial charge in [0.2, 0.25) is 0 Å². The van der Waals surface area contributed by atoms with Gasteiger partial charge in [-0.05, 0) is 55.6 Å². The number of hydrogen-bond donors (Lipinski definition) is 3. The lowest BCUT2D eigenvalue weighted by Gasteiger charge is -2.13. The molecule has 0 aliphatic heterocycles. The molecule has 0 aliphatic rings. The molecule has 0 fully saturated rings. The van der Waals surface area contributed by atoms with Crippen molar-refractivity contribution in [2.75, 3.05) is 14.1 Å². The summed E-state index contributed by atoms with van der Waals surface area (Å²) < 4.78 is 0. The van der Waals surface area contributed by atoms with Gasteiger partial charge in [-0.25, -0.2) is 0 Å². The van der Waals surface area contributed by atoms with Crippen LogP contribution >= 0.6 is 0 Å². The van der Waals surface area contributed by atoms with E-state index in [1.54, 1.807) is 19.3 Å². The van der Waals surface area contributed by atoms with Crippen LogP contribution in [0.5, 0.6) is 5.75 Å². The molecule has 0 saturated heterocycles. The Morgan fingerprint density at radius 1 is 1.15 bits per heavy atom. The number of phenolic OH excluding ortho intramolecular Hbond substituents is 1. The molecule has 0 radical (unpaired) electrons. The zero-order valence-electron chi connectivity index (χ0n) is 15.7. The molecule has 0 saturated carbocycles. The Bertz CT molecular complexity index is 810. The summed E-state index contributed by atoms with van der Waals surface area (Å²) in [5.74, 6) is 5.43. The second-order valence-electron chi connectivity index (χ2n) is 5.62. The van der Waals surface area contributed by atoms with E-state index in [0.717, 1.165) is 27.8 Å². The van der Waals surface area contributed by atoms with Gasteiger partial charge < -0.3 is 16.7 Å². The maximum absolute atomic E-state index is 11.1. The largest absolute Gasteiger partial charge is 0.507 e. The first kappa shape index (κ1) is 21.1. The molecule has 2 aromatic rings. The number of hydrogen-bond acceptors (Lipinski definition) is 6. The first-order chi connectivity index (χ1) is 12.5. The van der Waals surface area contributed by atoms with Crippen LogP contribution < -0.4 is 11.6 Å². The van der Waals surface area contributed by atoms with Gasteiger partial charge in [-0.15, -0.1) is 0 Å². The standard InChI is InChI=1S/C19H21N3O2.CH5N/c1-12-13(2)19(24)17(11-23)9-16(12)8-14-4-6-15(7-5-14)18(22-20)10-21-3;1-2/h4-7,9-11,24H,8,20H2,1-3H3;2H2,1H3/b21-10?,22-18+;. The van der Waals surface area contributed by atoms with E-state index in [1.165, 1.54) is 7.05 Å². The molecule has 0 amide bonds. The van der Waals surface area contributed by atoms with E-state index in [1.807, 2.05) is 38.1 Å². The van der Waals surface area contributed by atoms with Gasteiger partial charge in [-0.1, -0.05) is 24.3 Å². The number of benzene rings is 2. The summed E-state index contributed by atoms with van der Waals surface area (Å²) in [7, 11) is 3.17. The Labute approximate surface area is 154 Å². The third-order valence-corrected chi connectivity index (χ3v) is 4.16. The molecule has 6 nitrogen and oxygen atoms in total. The summed E-state index contributed by atoms with van der Waals surface area (Å²) in [4.78, 5) is 15.0. The van der Waals surface area contributed by atoms with Crippen LogP contribution in [0.3, 0.4) is 0 Å². The van der Waals surface area contributed by atoms with Gasteiger partial charge in [0, 0.05) is 18.8 Å². The second-order valence-corrected chi connectivity index (χ2v) is 5.62. The lowest BCUT2D eigenvalue weighted by Crippen LogP contribution is -2.06. The molecule has 26 heavy (non-hydrogen) atoms. The number of phenols is 1. The number of rotatable bonds is 5. The quantitative estimate of drug-likeness (QED) is 0.331. The van der Waals surface area contributed by atoms with Gasteiger partial charge >= 0.3 is 0 Å². The molecule has 0 atom stereocenters. The highest BCUT2D eigenvalue weighted by Gasteiger charge is 2.12. The summed E-state index contributed by atoms with van der Waals surface area (Å²) in [5, 5.41) is 13.7. The van der Waals surface area contributed by atoms with E-state index in [9.17, 15) is 9.90 Å². The molecular formula is C20H26N4O2. The van der Waals surface area contributed by atoms with Crippen LogP contribution in [-0.2, 0) is 6.42 Å². The molecule has 0 spiro atoms. The van der Waals surface area contributed by atoms with Crippen LogP contribution in [0.4, 0.5) is 0 Å². The van der Waals surface area contributed by atoms with Gasteiger partial charge in [0.25, 0.3) is 0 Å². The predicted octanol–water partition coefficient (Wildman–Crippen LogP) is 2.35. The van der Waals surface area contributed by atoms with Crippen molar-refractivity contribution in [2.45, 2.75) is 20.3 Å². The zero-order chi connectivity index (χ0) is 19.7. The van der Waals surface area contributed by atoms with Crippen LogP contribution in [0.25, 0.3) is 0 Å². The number of nitrogens with zero attached hydrogens (tertiary/aromatic N) is 2. The lowest BCUT2D eigenvalue weighted by atomic mass is 9.93. The van der Waals surface area contributed by atoms with E-state index in [4.69, 9.17) is 5.84 Å². The number of aldehydes is 1. The molecule has 5 N–H and O–H groups in total. The van der Waals surface area contributed by atoms with Gasteiger partial charge in [-0.3, -0.25) is 9.79 Å². The van der Waals surface area contributed by atoms with Crippen molar-refractivity contribution in [3.8, 4) is 5.75 Å². The molecule has 0 aliphatic carbocycles. The van der Waals surface area contributed by atoms with Crippen molar-refractivity contribution in [3.05, 3.63) is 63.7 Å². The molecule has 2 rings (SSSR count). The van der Waals surface area contributed by atoms with Gasteiger partial charge in [0.15, 0.2) is 6.29 Å². The Morgan fingerprint density at radius 3 is 2.27 bits per heavy atom. The first-order valence-corrected chi connectivity index (χ1v) is 8.16. The lowest BCUT2D eigenvalue weighted by molar-refractivity contribution is 0.112. The topological polar surface area (TPSA) is 114 Å². The minimum atomic E-state index is 0.0595. The van der Waals surface area contributed by atoms with Gasteiger partial charge in [0.1, 0.15) is 11.5 Å². The molecule has 0 unspecified atom stereocenters. The predicted molar refractivity (Wildman–Crippen MR) is 107 cm³/mol. The molecule has 0 aromatic heterocycles. The molecular weight excluding hydrogens is 328 g/mol. The van der Waals surface area contributed by atoms with E-state index in [0.29, 0.717) is 24.0 Å². The summed E-state index contributed by atoms with van der Waals surface area (Å²) in [6.45, 7) is 3.77. The van der Waals surface area contributed by atoms with E-state index in [2.05, 4.69) is 15.8 Å². The fourth-order valence-electron chi connectivity index (χ4n) is 2.59. The molecule has 138 valence electrons. The van der Waals surface area contributed by atoms with Gasteiger partial charge in [-0.2, -0.15) is 5.10 Å². The average Bonchev–Trinajstić information content (AvgIpc) is 2.68. The summed E-state index contributed by atoms with van der Waals surface area (Å²) >= 11 is 0. The molecule has 2 aromatic carbocycles. The zero-order valence-corrected chi connectivity index (χ0v) is 15.7. The van der Waals surface area contributed by atoms with Crippen molar-refractivity contribution in [2.24, 2.45) is 21.7 Å². The van der Waals surface area contributed by atoms with Crippen LogP contribution in [-0.4, -0.2) is 37.4 Å². The summed E-state index contributed by atoms with van der Waals surface area (Å²) in [6.07, 6.45) is 2.96. The highest BCUT2D eigenvalue weighted by Crippen LogP contribution is 2.28. The Hall–Kier alpha value is -2.99. The fourth-order valence-corrected chi connectivity index (χ4v) is 2.59. The maximum atomic E-state index is 11.1. The molecule has 0 bridgehead atoms. The second kappa shape index (κ2) is 10.1. The number of aliphatic imine (C=N–C) groups is 1. The van der Waals surface area contributed by atoms with Crippen molar-refractivity contribution in [1.82, 2.24) is 0 Å². The SMILES string of the molecule is CN.CN=C/C(=N\N)c1ccc(Cc2cc(C=O)c(O)c(C)c2C)cc1. The number of hydrazone groups is 1. The van der Waals surface area contributed by atoms with Crippen LogP contribution in [0.15, 0.2) is 40.4 Å². The van der Waals surface area contributed by atoms with Crippen molar-refractivity contribution >= 4 is 18.2 Å². The Kier molecular flexibility index (Phi) is 8.18. The summed E-state index contributed by atoms with van der Waals surface area (Å²) in [5.41, 5.74) is 10.2. The van der Waals surface area contributed by atoms with Crippen molar-refractivity contribution in [3.63, 3.8) is 0 Å². The average molecular weight is 354 g/mol. The number of carbonyl (C=O) groups is 1. The number of aromatic hydroxyl groups is 1. The van der Waals surface area contributed by atoms with Crippen LogP contribution in [0.1, 0.15) is 38.2 Å². The number of nitrogens with two attached hydrogens (primary N) is 2. The van der Waals surface area contributed by atoms with Gasteiger partial charge in [0.05, 0.1) is 5.56 Å². The molecule has 0 heterocycles. The molecule has 6 heteroatoms. The highest BCUT2D eigenvalue weighted by molar-refractivity contribution is 6.38. The maximum Gasteiger partial charge on any atom is 0.153 e. The van der Waals surface area contributed by atoms with Crippen molar-refractivity contribution in [1.29, 1.82) is 0 Å². The van der Waals surface area contributed by atoms with Crippen LogP contribution in [0, 0.1) is 13.8 Å². The third-order valence-electron chi connectivity index (χ3n) is 4.16. The van der Waals surface area contributed by atoms with E-state index in [-0.39, 0.29) is 5.75 Å². The Balaban J connectivity index is 0.00000163. The monoisotopic (exact) mass is 354 g/mol. The van der Waals surface area contributed by atoms with Crippen LogP contribution in [0.2, 0.25) is 0 Å². The summed E-state index contributed by atoms with van der Waals surface area (Å²) in [6, 6.07) is 9.60. The first-order valence-electron chi connectivity index (χ1n) is 8.16. The fraction of sp³-hybridized carbons (Fsp3) is 0.250. The van der Waals surface area contributed by atoms with E-state index >= 15 is 0 Å². The van der Waals surface area contributed by atoms with Crippen molar-refractivity contribution < 1.29 is 9.90 Å². The third kappa shape index (κ3) is 4.77. The normalized spacial score (nSPS) is 11.2. The van der Waals surface area contributed by atoms with E-state index < -0.39 is 0 Å². The Morgan fingerprint density at radius 2 is 1.77 bits per heavy atom. The minimum Gasteiger partial charge on any atom is -0.507 e. The highest BCUT2D eigenvalue weighted by atomic mass is 16.3. The minimum absolute atomic E-state index is 0.0595. The smallest absolute Gasteiger partial charge is 0.153 e.